The molecule has 0 rings (SSSR count). The maximum absolute atomic E-state index is 12.6. The molecule has 242 valence electrons. The Morgan fingerprint density at radius 2 is 0.878 bits per heavy atom. The van der Waals surface area contributed by atoms with Gasteiger partial charge in [0.2, 0.25) is 0 Å². The number of ether oxygens (including phenoxy) is 1. The number of esters is 1. The van der Waals surface area contributed by atoms with Gasteiger partial charge in [0.15, 0.2) is 0 Å². The van der Waals surface area contributed by atoms with Gasteiger partial charge in [-0.3, -0.25) is 9.59 Å². The van der Waals surface area contributed by atoms with Gasteiger partial charge in [-0.25, -0.2) is 0 Å². The number of hydrogen-bond donors (Lipinski definition) is 1. The molecular formula is C37H70O4. The van der Waals surface area contributed by atoms with Crippen LogP contribution in [0.15, 0.2) is 12.2 Å². The average molecular weight is 579 g/mol. The topological polar surface area (TPSA) is 63.6 Å². The lowest BCUT2D eigenvalue weighted by Crippen LogP contribution is -2.18. The first kappa shape index (κ1) is 39.7. The van der Waals surface area contributed by atoms with Crippen LogP contribution in [0.2, 0.25) is 0 Å². The molecule has 1 N–H and O–H groups in total. The Morgan fingerprint density at radius 3 is 1.32 bits per heavy atom. The van der Waals surface area contributed by atoms with Gasteiger partial charge in [-0.2, -0.15) is 0 Å². The highest BCUT2D eigenvalue weighted by molar-refractivity contribution is 5.69. The summed E-state index contributed by atoms with van der Waals surface area (Å²) in [6, 6.07) is 0. The predicted molar refractivity (Wildman–Crippen MR) is 177 cm³/mol. The fraction of sp³-hybridized carbons (Fsp3) is 0.892. The number of carbonyl (C=O) groups is 2. The first-order chi connectivity index (χ1) is 20.1. The van der Waals surface area contributed by atoms with Crippen LogP contribution in [0.3, 0.4) is 0 Å². The monoisotopic (exact) mass is 579 g/mol. The van der Waals surface area contributed by atoms with Crippen molar-refractivity contribution in [3.05, 3.63) is 12.2 Å². The Morgan fingerprint density at radius 1 is 0.512 bits per heavy atom. The summed E-state index contributed by atoms with van der Waals surface area (Å²) in [4.78, 5) is 23.2. The zero-order valence-electron chi connectivity index (χ0n) is 27.6. The van der Waals surface area contributed by atoms with Crippen LogP contribution in [0, 0.1) is 0 Å². The van der Waals surface area contributed by atoms with Crippen molar-refractivity contribution in [1.82, 2.24) is 0 Å². The standard InChI is InChI=1S/C37H70O4/c1-3-5-7-9-11-12-13-14-15-16-17-18-19-21-26-30-34-37(40)41-35(31-27-23-20-10-8-6-4-2)32-28-24-22-25-29-33-36(38)39/h15-16,35H,3-14,17-34H2,1-2H3,(H,38,39)/b16-15-. The van der Waals surface area contributed by atoms with Gasteiger partial charge < -0.3 is 9.84 Å². The summed E-state index contributed by atoms with van der Waals surface area (Å²) in [6.07, 6.45) is 39.4. The average Bonchev–Trinajstić information content (AvgIpc) is 2.95. The number of hydrogen-bond acceptors (Lipinski definition) is 3. The Kier molecular flexibility index (Phi) is 32.1. The van der Waals surface area contributed by atoms with E-state index < -0.39 is 5.97 Å². The number of allylic oxidation sites excluding steroid dienone is 2. The van der Waals surface area contributed by atoms with Crippen molar-refractivity contribution in [2.45, 2.75) is 213 Å². The molecule has 0 spiro atoms. The molecule has 0 bridgehead atoms. The first-order valence-electron chi connectivity index (χ1n) is 18.2. The maximum Gasteiger partial charge on any atom is 0.306 e. The van der Waals surface area contributed by atoms with Crippen LogP contribution in [0.4, 0.5) is 0 Å². The fourth-order valence-corrected chi connectivity index (χ4v) is 5.53. The van der Waals surface area contributed by atoms with E-state index in [9.17, 15) is 9.59 Å². The van der Waals surface area contributed by atoms with E-state index in [0.29, 0.717) is 6.42 Å². The Hall–Kier alpha value is -1.32. The number of aliphatic carboxylic acids is 1. The normalized spacial score (nSPS) is 12.2. The molecular weight excluding hydrogens is 508 g/mol. The SMILES string of the molecule is CCCCCCCCC/C=C\CCCCCCCC(=O)OC(CCCCCCCCC)CCCCCCCC(=O)O. The van der Waals surface area contributed by atoms with Gasteiger partial charge in [0.25, 0.3) is 0 Å². The predicted octanol–water partition coefficient (Wildman–Crippen LogP) is 12.3. The van der Waals surface area contributed by atoms with Crippen molar-refractivity contribution in [2.24, 2.45) is 0 Å². The molecule has 4 heteroatoms. The van der Waals surface area contributed by atoms with Crippen molar-refractivity contribution in [3.63, 3.8) is 0 Å². The molecule has 0 heterocycles. The lowest BCUT2D eigenvalue weighted by atomic mass is 10.0. The minimum absolute atomic E-state index is 0.00676. The number of rotatable bonds is 33. The summed E-state index contributed by atoms with van der Waals surface area (Å²) in [7, 11) is 0. The number of carboxylic acid groups (broad SMARTS) is 1. The molecule has 0 amide bonds. The molecule has 0 saturated heterocycles. The van der Waals surface area contributed by atoms with E-state index in [0.717, 1.165) is 64.2 Å². The van der Waals surface area contributed by atoms with Crippen LogP contribution in [0.5, 0.6) is 0 Å². The third-order valence-corrected chi connectivity index (χ3v) is 8.24. The zero-order chi connectivity index (χ0) is 30.1. The highest BCUT2D eigenvalue weighted by atomic mass is 16.5. The second-order valence-corrected chi connectivity index (χ2v) is 12.4. The number of carboxylic acids is 1. The van der Waals surface area contributed by atoms with E-state index in [2.05, 4.69) is 26.0 Å². The van der Waals surface area contributed by atoms with Crippen molar-refractivity contribution in [1.29, 1.82) is 0 Å². The third-order valence-electron chi connectivity index (χ3n) is 8.24. The summed E-state index contributed by atoms with van der Waals surface area (Å²) in [5, 5.41) is 8.77. The minimum Gasteiger partial charge on any atom is -0.481 e. The molecule has 0 radical (unpaired) electrons. The van der Waals surface area contributed by atoms with Crippen molar-refractivity contribution in [3.8, 4) is 0 Å². The van der Waals surface area contributed by atoms with Gasteiger partial charge in [0.05, 0.1) is 0 Å². The minimum atomic E-state index is -0.701. The number of carbonyl (C=O) groups excluding carboxylic acids is 1. The van der Waals surface area contributed by atoms with Crippen LogP contribution in [0.25, 0.3) is 0 Å². The Bertz CT molecular complexity index is 585. The van der Waals surface area contributed by atoms with Crippen molar-refractivity contribution >= 4 is 11.9 Å². The summed E-state index contributed by atoms with van der Waals surface area (Å²) in [5.74, 6) is -0.708. The third kappa shape index (κ3) is 33.1. The summed E-state index contributed by atoms with van der Waals surface area (Å²) >= 11 is 0. The lowest BCUT2D eigenvalue weighted by molar-refractivity contribution is -0.150. The first-order valence-corrected chi connectivity index (χ1v) is 18.2. The van der Waals surface area contributed by atoms with Crippen LogP contribution in [-0.4, -0.2) is 23.1 Å². The van der Waals surface area contributed by atoms with E-state index in [1.165, 1.54) is 116 Å². The van der Waals surface area contributed by atoms with E-state index in [1.807, 2.05) is 0 Å². The van der Waals surface area contributed by atoms with E-state index in [4.69, 9.17) is 9.84 Å². The summed E-state index contributed by atoms with van der Waals surface area (Å²) in [5.41, 5.74) is 0. The second-order valence-electron chi connectivity index (χ2n) is 12.4. The maximum atomic E-state index is 12.6. The molecule has 0 aromatic rings. The zero-order valence-corrected chi connectivity index (χ0v) is 27.6. The van der Waals surface area contributed by atoms with Crippen LogP contribution in [0.1, 0.15) is 206 Å². The van der Waals surface area contributed by atoms with Crippen LogP contribution in [-0.2, 0) is 14.3 Å². The molecule has 1 atom stereocenters. The molecule has 0 aliphatic rings. The fourth-order valence-electron chi connectivity index (χ4n) is 5.53. The highest BCUT2D eigenvalue weighted by Gasteiger charge is 2.14. The van der Waals surface area contributed by atoms with Crippen LogP contribution >= 0.6 is 0 Å². The van der Waals surface area contributed by atoms with Gasteiger partial charge in [-0.15, -0.1) is 0 Å². The molecule has 0 aromatic heterocycles. The van der Waals surface area contributed by atoms with Gasteiger partial charge in [-0.05, 0) is 64.2 Å². The Balaban J connectivity index is 3.92. The molecule has 4 nitrogen and oxygen atoms in total. The molecule has 0 aliphatic heterocycles. The Labute approximate surface area is 255 Å². The van der Waals surface area contributed by atoms with Gasteiger partial charge >= 0.3 is 11.9 Å². The molecule has 0 aromatic carbocycles. The van der Waals surface area contributed by atoms with E-state index >= 15 is 0 Å². The molecule has 1 unspecified atom stereocenters. The number of unbranched alkanes of at least 4 members (excludes halogenated alkanes) is 22. The molecule has 41 heavy (non-hydrogen) atoms. The van der Waals surface area contributed by atoms with E-state index in [1.54, 1.807) is 0 Å². The van der Waals surface area contributed by atoms with Gasteiger partial charge in [0, 0.05) is 12.8 Å². The second kappa shape index (κ2) is 33.2. The largest absolute Gasteiger partial charge is 0.481 e. The smallest absolute Gasteiger partial charge is 0.306 e. The molecule has 0 aliphatic carbocycles. The van der Waals surface area contributed by atoms with E-state index in [-0.39, 0.29) is 18.5 Å². The van der Waals surface area contributed by atoms with Crippen molar-refractivity contribution < 1.29 is 19.4 Å². The van der Waals surface area contributed by atoms with Crippen LogP contribution < -0.4 is 0 Å². The van der Waals surface area contributed by atoms with Gasteiger partial charge in [0.1, 0.15) is 6.10 Å². The molecule has 0 fully saturated rings. The summed E-state index contributed by atoms with van der Waals surface area (Å²) in [6.45, 7) is 4.53. The van der Waals surface area contributed by atoms with Gasteiger partial charge in [-0.1, -0.05) is 142 Å². The van der Waals surface area contributed by atoms with Crippen molar-refractivity contribution in [2.75, 3.05) is 0 Å². The molecule has 0 saturated carbocycles. The summed E-state index contributed by atoms with van der Waals surface area (Å²) < 4.78 is 5.95. The quantitative estimate of drug-likeness (QED) is 0.0478. The highest BCUT2D eigenvalue weighted by Crippen LogP contribution is 2.18. The lowest BCUT2D eigenvalue weighted by Gasteiger charge is -2.18.